The molecule has 2 rings (SSSR count). The summed E-state index contributed by atoms with van der Waals surface area (Å²) in [6.45, 7) is 3.29. The summed E-state index contributed by atoms with van der Waals surface area (Å²) in [5.74, 6) is 0.878. The van der Waals surface area contributed by atoms with Crippen molar-refractivity contribution in [3.05, 3.63) is 15.9 Å². The molecule has 1 atom stereocenters. The zero-order valence-electron chi connectivity index (χ0n) is 8.72. The van der Waals surface area contributed by atoms with Crippen LogP contribution < -0.4 is 0 Å². The molecule has 0 spiro atoms. The van der Waals surface area contributed by atoms with Crippen molar-refractivity contribution in [2.75, 3.05) is 18.8 Å². The predicted molar refractivity (Wildman–Crippen MR) is 72.7 cm³/mol. The number of sulfonamides is 1. The molecule has 2 heterocycles. The molecule has 1 aliphatic heterocycles. The van der Waals surface area contributed by atoms with Gasteiger partial charge in [0.1, 0.15) is 4.21 Å². The number of hydrogen-bond acceptors (Lipinski definition) is 4. The van der Waals surface area contributed by atoms with Gasteiger partial charge in [-0.15, -0.1) is 11.3 Å². The quantitative estimate of drug-likeness (QED) is 0.829. The lowest BCUT2D eigenvalue weighted by Crippen LogP contribution is -2.40. The largest absolute Gasteiger partial charge is 0.253 e. The van der Waals surface area contributed by atoms with Gasteiger partial charge in [0.2, 0.25) is 0 Å². The lowest BCUT2D eigenvalue weighted by molar-refractivity contribution is 0.425. The smallest absolute Gasteiger partial charge is 0.206 e. The van der Waals surface area contributed by atoms with E-state index in [1.165, 1.54) is 11.3 Å². The molecule has 1 unspecified atom stereocenters. The Morgan fingerprint density at radius 2 is 2.31 bits per heavy atom. The maximum absolute atomic E-state index is 12.3. The van der Waals surface area contributed by atoms with Crippen LogP contribution in [0.2, 0.25) is 0 Å². The minimum Gasteiger partial charge on any atom is -0.206 e. The van der Waals surface area contributed by atoms with Crippen molar-refractivity contribution in [3.63, 3.8) is 0 Å². The van der Waals surface area contributed by atoms with Crippen molar-refractivity contribution in [1.29, 1.82) is 0 Å². The maximum atomic E-state index is 12.3. The Morgan fingerprint density at radius 1 is 1.56 bits per heavy atom. The van der Waals surface area contributed by atoms with E-state index in [0.29, 0.717) is 27.0 Å². The summed E-state index contributed by atoms with van der Waals surface area (Å²) in [6.07, 6.45) is 0. The van der Waals surface area contributed by atoms with Gasteiger partial charge in [-0.2, -0.15) is 16.1 Å². The summed E-state index contributed by atoms with van der Waals surface area (Å²) in [5, 5.41) is 2.17. The minimum absolute atomic E-state index is 0.377. The van der Waals surface area contributed by atoms with E-state index in [-0.39, 0.29) is 0 Å². The summed E-state index contributed by atoms with van der Waals surface area (Å²) in [5.41, 5.74) is 0. The van der Waals surface area contributed by atoms with Crippen molar-refractivity contribution >= 4 is 49.1 Å². The SMILES string of the molecule is CC1CN(S(=O)(=O)c2sccc2Br)CCS1. The highest BCUT2D eigenvalue weighted by atomic mass is 79.9. The third-order valence-electron chi connectivity index (χ3n) is 2.36. The van der Waals surface area contributed by atoms with Crippen LogP contribution in [0.25, 0.3) is 0 Å². The number of thioether (sulfide) groups is 1. The van der Waals surface area contributed by atoms with Gasteiger partial charge in [-0.1, -0.05) is 6.92 Å². The summed E-state index contributed by atoms with van der Waals surface area (Å²) >= 11 is 6.38. The first-order chi connectivity index (χ1) is 7.51. The van der Waals surface area contributed by atoms with Crippen LogP contribution >= 0.6 is 39.0 Å². The molecule has 0 N–H and O–H groups in total. The van der Waals surface area contributed by atoms with Gasteiger partial charge in [0.15, 0.2) is 0 Å². The van der Waals surface area contributed by atoms with Crippen LogP contribution in [0.15, 0.2) is 20.1 Å². The highest BCUT2D eigenvalue weighted by Gasteiger charge is 2.31. The Labute approximate surface area is 112 Å². The first-order valence-corrected chi connectivity index (χ1v) is 9.02. The van der Waals surface area contributed by atoms with E-state index in [1.807, 2.05) is 11.8 Å². The summed E-state index contributed by atoms with van der Waals surface area (Å²) in [7, 11) is -3.29. The highest BCUT2D eigenvalue weighted by Crippen LogP contribution is 2.32. The normalized spacial score (nSPS) is 23.5. The van der Waals surface area contributed by atoms with Crippen LogP contribution in [0.3, 0.4) is 0 Å². The van der Waals surface area contributed by atoms with Crippen molar-refractivity contribution in [3.8, 4) is 0 Å². The standard InChI is InChI=1S/C9H12BrNO2S3/c1-7-6-11(3-5-14-7)16(12,13)9-8(10)2-4-15-9/h2,4,7H,3,5-6H2,1H3. The molecule has 1 aromatic rings. The van der Waals surface area contributed by atoms with Gasteiger partial charge in [-0.05, 0) is 27.4 Å². The Kier molecular flexibility index (Phi) is 4.01. The fourth-order valence-corrected chi connectivity index (χ4v) is 6.79. The van der Waals surface area contributed by atoms with E-state index in [4.69, 9.17) is 0 Å². The van der Waals surface area contributed by atoms with Crippen molar-refractivity contribution in [2.45, 2.75) is 16.4 Å². The van der Waals surface area contributed by atoms with E-state index in [2.05, 4.69) is 22.9 Å². The fraction of sp³-hybridized carbons (Fsp3) is 0.556. The van der Waals surface area contributed by atoms with Gasteiger partial charge in [0.05, 0.1) is 0 Å². The van der Waals surface area contributed by atoms with Crippen LogP contribution in [0.4, 0.5) is 0 Å². The van der Waals surface area contributed by atoms with Crippen LogP contribution in [0.1, 0.15) is 6.92 Å². The van der Waals surface area contributed by atoms with Gasteiger partial charge in [0, 0.05) is 28.6 Å². The summed E-state index contributed by atoms with van der Waals surface area (Å²) in [4.78, 5) is 0. The fourth-order valence-electron chi connectivity index (χ4n) is 1.59. The van der Waals surface area contributed by atoms with E-state index in [9.17, 15) is 8.42 Å². The van der Waals surface area contributed by atoms with Gasteiger partial charge in [-0.3, -0.25) is 0 Å². The lowest BCUT2D eigenvalue weighted by Gasteiger charge is -2.29. The molecule has 0 radical (unpaired) electrons. The zero-order chi connectivity index (χ0) is 11.8. The average Bonchev–Trinajstić information content (AvgIpc) is 2.65. The Morgan fingerprint density at radius 3 is 2.88 bits per heavy atom. The van der Waals surface area contributed by atoms with E-state index in [0.717, 1.165) is 5.75 Å². The van der Waals surface area contributed by atoms with Crippen molar-refractivity contribution < 1.29 is 8.42 Å². The minimum atomic E-state index is -3.29. The third kappa shape index (κ3) is 2.48. The monoisotopic (exact) mass is 341 g/mol. The van der Waals surface area contributed by atoms with Crippen LogP contribution in [0.5, 0.6) is 0 Å². The molecule has 1 aromatic heterocycles. The average molecular weight is 342 g/mol. The molecule has 1 aliphatic rings. The topological polar surface area (TPSA) is 37.4 Å². The Hall–Kier alpha value is 0.440. The van der Waals surface area contributed by atoms with E-state index < -0.39 is 10.0 Å². The van der Waals surface area contributed by atoms with Crippen molar-refractivity contribution in [1.82, 2.24) is 4.31 Å². The molecule has 0 aromatic carbocycles. The molecule has 1 saturated heterocycles. The van der Waals surface area contributed by atoms with Crippen molar-refractivity contribution in [2.24, 2.45) is 0 Å². The van der Waals surface area contributed by atoms with Gasteiger partial charge in [0.25, 0.3) is 10.0 Å². The molecule has 3 nitrogen and oxygen atoms in total. The number of halogens is 1. The summed E-state index contributed by atoms with van der Waals surface area (Å²) in [6, 6.07) is 1.78. The second-order valence-electron chi connectivity index (χ2n) is 3.60. The van der Waals surface area contributed by atoms with E-state index >= 15 is 0 Å². The second kappa shape index (κ2) is 4.97. The molecule has 0 aliphatic carbocycles. The van der Waals surface area contributed by atoms with Gasteiger partial charge >= 0.3 is 0 Å². The molecule has 1 fully saturated rings. The first-order valence-electron chi connectivity index (χ1n) is 4.86. The van der Waals surface area contributed by atoms with Gasteiger partial charge in [-0.25, -0.2) is 8.42 Å². The Bertz CT molecular complexity index is 471. The number of hydrogen-bond donors (Lipinski definition) is 0. The molecule has 7 heteroatoms. The molecule has 0 amide bonds. The summed E-state index contributed by atoms with van der Waals surface area (Å²) < 4.78 is 27.3. The van der Waals surface area contributed by atoms with Crippen LogP contribution in [-0.2, 0) is 10.0 Å². The second-order valence-corrected chi connectivity index (χ2v) is 9.05. The molecular formula is C9H12BrNO2S3. The number of rotatable bonds is 2. The van der Waals surface area contributed by atoms with Gasteiger partial charge < -0.3 is 0 Å². The van der Waals surface area contributed by atoms with Crippen LogP contribution in [-0.4, -0.2) is 36.8 Å². The third-order valence-corrected chi connectivity index (χ3v) is 8.01. The van der Waals surface area contributed by atoms with Crippen LogP contribution in [0, 0.1) is 0 Å². The highest BCUT2D eigenvalue weighted by molar-refractivity contribution is 9.10. The first kappa shape index (κ1) is 12.9. The number of nitrogens with zero attached hydrogens (tertiary/aromatic N) is 1. The molecular weight excluding hydrogens is 330 g/mol. The molecule has 16 heavy (non-hydrogen) atoms. The number of thiophene rings is 1. The molecule has 0 saturated carbocycles. The maximum Gasteiger partial charge on any atom is 0.253 e. The Balaban J connectivity index is 2.29. The lowest BCUT2D eigenvalue weighted by atomic mass is 10.4. The predicted octanol–water partition coefficient (Wildman–Crippen LogP) is 2.64. The van der Waals surface area contributed by atoms with E-state index in [1.54, 1.807) is 15.8 Å². The molecule has 0 bridgehead atoms. The molecule has 90 valence electrons. The zero-order valence-corrected chi connectivity index (χ0v) is 12.8.